The smallest absolute Gasteiger partial charge is 0.330 e. The lowest BCUT2D eigenvalue weighted by atomic mass is 10.1. The van der Waals surface area contributed by atoms with Crippen LogP contribution in [0.1, 0.15) is 11.3 Å². The molecule has 9 nitrogen and oxygen atoms in total. The van der Waals surface area contributed by atoms with Crippen LogP contribution in [-0.4, -0.2) is 47.5 Å². The summed E-state index contributed by atoms with van der Waals surface area (Å²) in [6.07, 6.45) is 5.71. The standard InChI is InChI=1S/C26H22N4O5S/c1-16-4-7-18(8-5-16)36(32,33)30-24(21-14-27-22-9-6-17(34-2)12-19(21)22)13-20-23(10-11-25(31)35-3)28-15-29-26(20)30/h4-15,27H,1-3H3. The van der Waals surface area contributed by atoms with Crippen LogP contribution in [0.2, 0.25) is 0 Å². The first-order chi connectivity index (χ1) is 17.3. The lowest BCUT2D eigenvalue weighted by molar-refractivity contribution is -0.134. The fraction of sp³-hybridized carbons (Fsp3) is 0.115. The average Bonchev–Trinajstić information content (AvgIpc) is 3.48. The van der Waals surface area contributed by atoms with E-state index in [2.05, 4.69) is 19.7 Å². The minimum Gasteiger partial charge on any atom is -0.497 e. The summed E-state index contributed by atoms with van der Waals surface area (Å²) in [5, 5.41) is 1.23. The third-order valence-corrected chi connectivity index (χ3v) is 7.61. The van der Waals surface area contributed by atoms with Gasteiger partial charge < -0.3 is 14.5 Å². The topological polar surface area (TPSA) is 116 Å². The van der Waals surface area contributed by atoms with Gasteiger partial charge in [-0.2, -0.15) is 0 Å². The van der Waals surface area contributed by atoms with Crippen LogP contribution >= 0.6 is 0 Å². The van der Waals surface area contributed by atoms with Crippen LogP contribution in [0, 0.1) is 6.92 Å². The first-order valence-electron chi connectivity index (χ1n) is 10.9. The van der Waals surface area contributed by atoms with Gasteiger partial charge in [-0.15, -0.1) is 0 Å². The number of nitrogens with zero attached hydrogens (tertiary/aromatic N) is 3. The minimum absolute atomic E-state index is 0.120. The van der Waals surface area contributed by atoms with Gasteiger partial charge >= 0.3 is 5.97 Å². The van der Waals surface area contributed by atoms with Gasteiger partial charge in [-0.25, -0.2) is 27.2 Å². The molecule has 0 unspecified atom stereocenters. The number of carbonyl (C=O) groups is 1. The number of fused-ring (bicyclic) bond motifs is 2. The molecule has 0 amide bonds. The van der Waals surface area contributed by atoms with E-state index in [4.69, 9.17) is 4.74 Å². The average molecular weight is 503 g/mol. The predicted molar refractivity (Wildman–Crippen MR) is 136 cm³/mol. The van der Waals surface area contributed by atoms with Crippen LogP contribution < -0.4 is 4.74 Å². The molecular formula is C26H22N4O5S. The van der Waals surface area contributed by atoms with Crippen molar-refractivity contribution < 1.29 is 22.7 Å². The van der Waals surface area contributed by atoms with E-state index in [-0.39, 0.29) is 10.5 Å². The van der Waals surface area contributed by atoms with Gasteiger partial charge in [-0.3, -0.25) is 0 Å². The van der Waals surface area contributed by atoms with Gasteiger partial charge in [0.1, 0.15) is 12.1 Å². The summed E-state index contributed by atoms with van der Waals surface area (Å²) in [4.78, 5) is 23.6. The van der Waals surface area contributed by atoms with Crippen LogP contribution in [0.25, 0.3) is 39.3 Å². The van der Waals surface area contributed by atoms with Crippen molar-refractivity contribution in [3.63, 3.8) is 0 Å². The molecule has 0 fully saturated rings. The summed E-state index contributed by atoms with van der Waals surface area (Å²) in [7, 11) is -1.22. The number of carbonyl (C=O) groups excluding carboxylic acids is 1. The molecule has 36 heavy (non-hydrogen) atoms. The highest BCUT2D eigenvalue weighted by molar-refractivity contribution is 7.90. The van der Waals surface area contributed by atoms with Gasteiger partial charge in [0, 0.05) is 34.1 Å². The van der Waals surface area contributed by atoms with Crippen molar-refractivity contribution in [2.75, 3.05) is 14.2 Å². The van der Waals surface area contributed by atoms with Gasteiger partial charge in [-0.05, 0) is 49.4 Å². The van der Waals surface area contributed by atoms with Gasteiger partial charge in [-0.1, -0.05) is 17.7 Å². The van der Waals surface area contributed by atoms with Gasteiger partial charge in [0.15, 0.2) is 5.65 Å². The van der Waals surface area contributed by atoms with E-state index in [1.165, 1.54) is 29.6 Å². The van der Waals surface area contributed by atoms with Crippen molar-refractivity contribution in [3.8, 4) is 17.0 Å². The normalized spacial score (nSPS) is 12.0. The van der Waals surface area contributed by atoms with E-state index in [1.807, 2.05) is 25.1 Å². The van der Waals surface area contributed by atoms with Crippen molar-refractivity contribution >= 4 is 44.0 Å². The molecule has 2 aromatic carbocycles. The third kappa shape index (κ3) is 3.91. The Morgan fingerprint density at radius 1 is 1.03 bits per heavy atom. The summed E-state index contributed by atoms with van der Waals surface area (Å²) in [6, 6.07) is 13.9. The van der Waals surface area contributed by atoms with Crippen LogP contribution in [0.15, 0.2) is 72.0 Å². The van der Waals surface area contributed by atoms with E-state index in [0.29, 0.717) is 28.1 Å². The Morgan fingerprint density at radius 2 is 1.81 bits per heavy atom. The number of benzene rings is 2. The SMILES string of the molecule is COC(=O)C=Cc1ncnc2c1cc(-c1c[nH]c3ccc(OC)cc13)n2S(=O)(=O)c1ccc(C)cc1. The highest BCUT2D eigenvalue weighted by Gasteiger charge is 2.27. The molecular weight excluding hydrogens is 480 g/mol. The molecule has 3 heterocycles. The minimum atomic E-state index is -4.07. The van der Waals surface area contributed by atoms with Crippen LogP contribution in [-0.2, 0) is 19.6 Å². The molecule has 3 aromatic heterocycles. The van der Waals surface area contributed by atoms with E-state index in [0.717, 1.165) is 16.5 Å². The van der Waals surface area contributed by atoms with Crippen molar-refractivity contribution in [1.29, 1.82) is 0 Å². The maximum absolute atomic E-state index is 14.0. The second kappa shape index (κ2) is 8.97. The summed E-state index contributed by atoms with van der Waals surface area (Å²) in [5.41, 5.74) is 3.34. The Labute approximate surface area is 207 Å². The molecule has 10 heteroatoms. The highest BCUT2D eigenvalue weighted by atomic mass is 32.2. The number of nitrogens with one attached hydrogen (secondary N) is 1. The Balaban J connectivity index is 1.84. The Kier molecular flexibility index (Phi) is 5.81. The molecule has 0 saturated heterocycles. The molecule has 0 radical (unpaired) electrons. The van der Waals surface area contributed by atoms with Crippen LogP contribution in [0.4, 0.5) is 0 Å². The molecule has 1 N–H and O–H groups in total. The van der Waals surface area contributed by atoms with E-state index in [1.54, 1.807) is 43.6 Å². The van der Waals surface area contributed by atoms with Crippen molar-refractivity contribution in [2.45, 2.75) is 11.8 Å². The summed E-state index contributed by atoms with van der Waals surface area (Å²) >= 11 is 0. The largest absolute Gasteiger partial charge is 0.497 e. The molecule has 0 aliphatic carbocycles. The molecule has 0 saturated carbocycles. The number of esters is 1. The molecule has 0 bridgehead atoms. The number of hydrogen-bond donors (Lipinski definition) is 1. The van der Waals surface area contributed by atoms with Crippen LogP contribution in [0.5, 0.6) is 5.75 Å². The fourth-order valence-electron chi connectivity index (χ4n) is 4.04. The molecule has 0 atom stereocenters. The second-order valence-corrected chi connectivity index (χ2v) is 9.87. The summed E-state index contributed by atoms with van der Waals surface area (Å²) in [5.74, 6) is 0.0753. The third-order valence-electron chi connectivity index (χ3n) is 5.89. The van der Waals surface area contributed by atoms with Crippen molar-refractivity contribution in [1.82, 2.24) is 18.9 Å². The zero-order chi connectivity index (χ0) is 25.4. The van der Waals surface area contributed by atoms with Gasteiger partial charge in [0.2, 0.25) is 0 Å². The predicted octanol–water partition coefficient (Wildman–Crippen LogP) is 4.32. The molecule has 5 rings (SSSR count). The molecule has 0 aliphatic heterocycles. The van der Waals surface area contributed by atoms with Gasteiger partial charge in [0.05, 0.1) is 30.5 Å². The molecule has 0 aliphatic rings. The summed E-state index contributed by atoms with van der Waals surface area (Å²) in [6.45, 7) is 1.89. The summed E-state index contributed by atoms with van der Waals surface area (Å²) < 4.78 is 39.3. The number of aromatic nitrogens is 4. The lowest BCUT2D eigenvalue weighted by Crippen LogP contribution is -2.14. The van der Waals surface area contributed by atoms with E-state index >= 15 is 0 Å². The maximum atomic E-state index is 14.0. The zero-order valence-corrected chi connectivity index (χ0v) is 20.5. The lowest BCUT2D eigenvalue weighted by Gasteiger charge is -2.12. The molecule has 0 spiro atoms. The first-order valence-corrected chi connectivity index (χ1v) is 12.4. The Hall–Kier alpha value is -4.44. The zero-order valence-electron chi connectivity index (χ0n) is 19.7. The monoisotopic (exact) mass is 502 g/mol. The van der Waals surface area contributed by atoms with Crippen molar-refractivity contribution in [2.24, 2.45) is 0 Å². The number of hydrogen-bond acceptors (Lipinski definition) is 7. The van der Waals surface area contributed by atoms with E-state index in [9.17, 15) is 13.2 Å². The fourth-order valence-corrected chi connectivity index (χ4v) is 5.52. The molecule has 182 valence electrons. The quantitative estimate of drug-likeness (QED) is 0.271. The Bertz CT molecular complexity index is 1750. The number of ether oxygens (including phenoxy) is 2. The number of aromatic amines is 1. The highest BCUT2D eigenvalue weighted by Crippen LogP contribution is 2.37. The number of rotatable bonds is 6. The van der Waals surface area contributed by atoms with Crippen LogP contribution in [0.3, 0.4) is 0 Å². The molecule has 5 aromatic rings. The first kappa shape index (κ1) is 23.3. The number of H-pyrrole nitrogens is 1. The number of aryl methyl sites for hydroxylation is 1. The maximum Gasteiger partial charge on any atom is 0.330 e. The number of methoxy groups -OCH3 is 2. The van der Waals surface area contributed by atoms with E-state index < -0.39 is 16.0 Å². The Morgan fingerprint density at radius 3 is 2.53 bits per heavy atom. The van der Waals surface area contributed by atoms with Crippen molar-refractivity contribution in [3.05, 3.63) is 78.4 Å². The second-order valence-electron chi connectivity index (χ2n) is 8.08. The van der Waals surface area contributed by atoms with Gasteiger partial charge in [0.25, 0.3) is 10.0 Å².